The number of rotatable bonds is 3. The number of hydrogen-bond acceptors (Lipinski definition) is 3. The molecule has 1 aliphatic carbocycles. The van der Waals surface area contributed by atoms with Gasteiger partial charge in [0, 0.05) is 6.54 Å². The zero-order valence-corrected chi connectivity index (χ0v) is 9.49. The maximum Gasteiger partial charge on any atom is 0.119 e. The first kappa shape index (κ1) is 9.70. The quantitative estimate of drug-likeness (QED) is 0.834. The second-order valence-electron chi connectivity index (χ2n) is 4.47. The van der Waals surface area contributed by atoms with Crippen LogP contribution in [0.1, 0.15) is 18.4 Å². The molecule has 84 valence electrons. The van der Waals surface area contributed by atoms with Gasteiger partial charge in [0.15, 0.2) is 0 Å². The number of ether oxygens (including phenoxy) is 1. The molecule has 0 bridgehead atoms. The van der Waals surface area contributed by atoms with Crippen LogP contribution in [0.15, 0.2) is 29.3 Å². The van der Waals surface area contributed by atoms with Crippen molar-refractivity contribution >= 4 is 5.84 Å². The van der Waals surface area contributed by atoms with Gasteiger partial charge >= 0.3 is 0 Å². The fraction of sp³-hybridized carbons (Fsp3) is 0.462. The van der Waals surface area contributed by atoms with Gasteiger partial charge in [-0.25, -0.2) is 0 Å². The summed E-state index contributed by atoms with van der Waals surface area (Å²) in [6.07, 6.45) is 2.40. The average molecular weight is 216 g/mol. The minimum atomic E-state index is 0.172. The van der Waals surface area contributed by atoms with Crippen LogP contribution in [-0.4, -0.2) is 26.0 Å². The molecule has 0 radical (unpaired) electrons. The Morgan fingerprint density at radius 3 is 2.88 bits per heavy atom. The first-order chi connectivity index (χ1) is 7.85. The lowest BCUT2D eigenvalue weighted by atomic mass is 9.94. The summed E-state index contributed by atoms with van der Waals surface area (Å²) in [7, 11) is 1.71. The Morgan fingerprint density at radius 1 is 1.38 bits per heavy atom. The summed E-state index contributed by atoms with van der Waals surface area (Å²) in [6.45, 7) is 1.90. The van der Waals surface area contributed by atoms with Crippen LogP contribution >= 0.6 is 0 Å². The van der Waals surface area contributed by atoms with Gasteiger partial charge in [-0.15, -0.1) is 0 Å². The third kappa shape index (κ3) is 1.39. The van der Waals surface area contributed by atoms with Crippen LogP contribution in [0.25, 0.3) is 0 Å². The summed E-state index contributed by atoms with van der Waals surface area (Å²) < 4.78 is 5.28. The smallest absolute Gasteiger partial charge is 0.119 e. The number of hydrogen-bond donors (Lipinski definition) is 1. The molecule has 2 aliphatic rings. The Morgan fingerprint density at radius 2 is 2.25 bits per heavy atom. The monoisotopic (exact) mass is 216 g/mol. The molecule has 0 atom stereocenters. The minimum Gasteiger partial charge on any atom is -0.497 e. The van der Waals surface area contributed by atoms with Gasteiger partial charge in [-0.1, -0.05) is 12.1 Å². The van der Waals surface area contributed by atoms with E-state index in [0.717, 1.165) is 18.8 Å². The van der Waals surface area contributed by atoms with Crippen molar-refractivity contribution < 1.29 is 4.74 Å². The van der Waals surface area contributed by atoms with Crippen molar-refractivity contribution in [2.45, 2.75) is 18.3 Å². The molecule has 0 aromatic heterocycles. The Kier molecular flexibility index (Phi) is 2.13. The normalized spacial score (nSPS) is 21.2. The topological polar surface area (TPSA) is 33.6 Å². The molecule has 16 heavy (non-hydrogen) atoms. The molecule has 1 N–H and O–H groups in total. The molecule has 1 aromatic rings. The van der Waals surface area contributed by atoms with Crippen LogP contribution in [0.3, 0.4) is 0 Å². The van der Waals surface area contributed by atoms with Crippen molar-refractivity contribution in [1.82, 2.24) is 5.32 Å². The van der Waals surface area contributed by atoms with Crippen molar-refractivity contribution in [2.75, 3.05) is 20.2 Å². The Balaban J connectivity index is 1.96. The van der Waals surface area contributed by atoms with Gasteiger partial charge in [-0.2, -0.15) is 0 Å². The highest BCUT2D eigenvalue weighted by molar-refractivity contribution is 5.96. The number of nitrogens with zero attached hydrogens (tertiary/aromatic N) is 1. The molecule has 1 fully saturated rings. The van der Waals surface area contributed by atoms with Gasteiger partial charge in [0.2, 0.25) is 0 Å². The van der Waals surface area contributed by atoms with E-state index >= 15 is 0 Å². The Hall–Kier alpha value is -1.51. The summed E-state index contributed by atoms with van der Waals surface area (Å²) in [5.41, 5.74) is 1.51. The highest BCUT2D eigenvalue weighted by atomic mass is 16.5. The van der Waals surface area contributed by atoms with E-state index < -0.39 is 0 Å². The van der Waals surface area contributed by atoms with Gasteiger partial charge in [0.25, 0.3) is 0 Å². The third-order valence-corrected chi connectivity index (χ3v) is 3.50. The predicted octanol–water partition coefficient (Wildman–Crippen LogP) is 1.73. The standard InChI is InChI=1S/C13H16N2O/c1-16-11-4-2-3-10(9-11)13(5-6-13)12-14-7-8-15-12/h2-4,9H,5-8H2,1H3,(H,14,15). The first-order valence-corrected chi connectivity index (χ1v) is 5.78. The third-order valence-electron chi connectivity index (χ3n) is 3.50. The maximum absolute atomic E-state index is 5.28. The Bertz CT molecular complexity index is 435. The van der Waals surface area contributed by atoms with E-state index in [1.165, 1.54) is 24.2 Å². The van der Waals surface area contributed by atoms with E-state index in [1.54, 1.807) is 7.11 Å². The molecule has 1 saturated carbocycles. The average Bonchev–Trinajstić information content (AvgIpc) is 2.97. The van der Waals surface area contributed by atoms with Crippen LogP contribution in [0.5, 0.6) is 5.75 Å². The summed E-state index contributed by atoms with van der Waals surface area (Å²) in [5.74, 6) is 2.11. The Labute approximate surface area is 95.5 Å². The highest BCUT2D eigenvalue weighted by Crippen LogP contribution is 2.49. The summed E-state index contributed by atoms with van der Waals surface area (Å²) in [5, 5.41) is 3.40. The largest absolute Gasteiger partial charge is 0.497 e. The second kappa shape index (κ2) is 3.51. The van der Waals surface area contributed by atoms with Crippen molar-refractivity contribution in [3.05, 3.63) is 29.8 Å². The van der Waals surface area contributed by atoms with E-state index in [0.29, 0.717) is 0 Å². The zero-order valence-electron chi connectivity index (χ0n) is 9.49. The fourth-order valence-electron chi connectivity index (χ4n) is 2.43. The van der Waals surface area contributed by atoms with E-state index in [-0.39, 0.29) is 5.41 Å². The first-order valence-electron chi connectivity index (χ1n) is 5.78. The van der Waals surface area contributed by atoms with Crippen LogP contribution in [0, 0.1) is 0 Å². The summed E-state index contributed by atoms with van der Waals surface area (Å²) >= 11 is 0. The number of benzene rings is 1. The fourth-order valence-corrected chi connectivity index (χ4v) is 2.43. The molecule has 3 rings (SSSR count). The molecule has 0 amide bonds. The van der Waals surface area contributed by atoms with Crippen molar-refractivity contribution in [1.29, 1.82) is 0 Å². The van der Waals surface area contributed by atoms with Crippen LogP contribution < -0.4 is 10.1 Å². The van der Waals surface area contributed by atoms with Gasteiger partial charge in [0.1, 0.15) is 11.6 Å². The molecule has 1 aromatic carbocycles. The molecule has 3 nitrogen and oxygen atoms in total. The maximum atomic E-state index is 5.28. The molecule has 3 heteroatoms. The lowest BCUT2D eigenvalue weighted by Gasteiger charge is -2.17. The van der Waals surface area contributed by atoms with Crippen LogP contribution in [-0.2, 0) is 5.41 Å². The number of aliphatic imine (C=N–C) groups is 1. The molecule has 1 heterocycles. The van der Waals surface area contributed by atoms with Gasteiger partial charge in [0.05, 0.1) is 19.1 Å². The SMILES string of the molecule is COc1cccc(C2(C3=NCCN3)CC2)c1. The number of amidine groups is 1. The van der Waals surface area contributed by atoms with E-state index in [9.17, 15) is 0 Å². The molecule has 0 spiro atoms. The number of nitrogens with one attached hydrogen (secondary N) is 1. The van der Waals surface area contributed by atoms with Crippen LogP contribution in [0.2, 0.25) is 0 Å². The number of methoxy groups -OCH3 is 1. The lowest BCUT2D eigenvalue weighted by molar-refractivity contribution is 0.414. The molecule has 1 aliphatic heterocycles. The zero-order chi connectivity index (χ0) is 11.0. The van der Waals surface area contributed by atoms with Gasteiger partial charge < -0.3 is 10.1 Å². The molecular formula is C13H16N2O. The van der Waals surface area contributed by atoms with E-state index in [1.807, 2.05) is 6.07 Å². The van der Waals surface area contributed by atoms with E-state index in [2.05, 4.69) is 28.5 Å². The lowest BCUT2D eigenvalue weighted by Crippen LogP contribution is -2.31. The summed E-state index contributed by atoms with van der Waals surface area (Å²) in [6, 6.07) is 8.36. The summed E-state index contributed by atoms with van der Waals surface area (Å²) in [4.78, 5) is 4.57. The molecule has 0 unspecified atom stereocenters. The molecular weight excluding hydrogens is 200 g/mol. The van der Waals surface area contributed by atoms with Crippen LogP contribution in [0.4, 0.5) is 0 Å². The van der Waals surface area contributed by atoms with Gasteiger partial charge in [-0.3, -0.25) is 4.99 Å². The highest BCUT2D eigenvalue weighted by Gasteiger charge is 2.49. The second-order valence-corrected chi connectivity index (χ2v) is 4.47. The van der Waals surface area contributed by atoms with Crippen molar-refractivity contribution in [3.8, 4) is 5.75 Å². The van der Waals surface area contributed by atoms with Crippen molar-refractivity contribution in [3.63, 3.8) is 0 Å². The van der Waals surface area contributed by atoms with E-state index in [4.69, 9.17) is 4.74 Å². The van der Waals surface area contributed by atoms with Crippen molar-refractivity contribution in [2.24, 2.45) is 4.99 Å². The minimum absolute atomic E-state index is 0.172. The predicted molar refractivity (Wildman–Crippen MR) is 64.2 cm³/mol. The molecule has 0 saturated heterocycles. The van der Waals surface area contributed by atoms with Gasteiger partial charge in [-0.05, 0) is 30.5 Å².